The van der Waals surface area contributed by atoms with E-state index in [1.807, 2.05) is 0 Å². The first-order chi connectivity index (χ1) is 7.37. The van der Waals surface area contributed by atoms with Gasteiger partial charge < -0.3 is 16.4 Å². The van der Waals surface area contributed by atoms with Crippen molar-refractivity contribution >= 4 is 6.03 Å². The number of rotatable bonds is 4. The third-order valence-electron chi connectivity index (χ3n) is 2.84. The van der Waals surface area contributed by atoms with E-state index in [1.165, 1.54) is 6.42 Å². The van der Waals surface area contributed by atoms with Crippen molar-refractivity contribution in [2.75, 3.05) is 6.54 Å². The number of carbonyl (C=O) groups is 1. The standard InChI is InChI=1S/C12H25N3O/c1-12(2,3)7-9(13)8-14-11(16)15-10-5-4-6-10/h9-10H,4-8,13H2,1-3H3,(H2,14,15,16). The van der Waals surface area contributed by atoms with Crippen LogP contribution in [0.1, 0.15) is 46.5 Å². The molecule has 1 fully saturated rings. The highest BCUT2D eigenvalue weighted by atomic mass is 16.2. The number of hydrogen-bond donors (Lipinski definition) is 3. The van der Waals surface area contributed by atoms with Crippen molar-refractivity contribution < 1.29 is 4.79 Å². The van der Waals surface area contributed by atoms with E-state index in [1.54, 1.807) is 0 Å². The summed E-state index contributed by atoms with van der Waals surface area (Å²) in [5.41, 5.74) is 6.16. The topological polar surface area (TPSA) is 67.1 Å². The van der Waals surface area contributed by atoms with E-state index in [9.17, 15) is 4.79 Å². The molecule has 94 valence electrons. The van der Waals surface area contributed by atoms with Crippen LogP contribution in [0.3, 0.4) is 0 Å². The summed E-state index contributed by atoms with van der Waals surface area (Å²) < 4.78 is 0. The molecule has 0 aliphatic heterocycles. The summed E-state index contributed by atoms with van der Waals surface area (Å²) in [6.07, 6.45) is 4.37. The van der Waals surface area contributed by atoms with E-state index in [-0.39, 0.29) is 17.5 Å². The van der Waals surface area contributed by atoms with Crippen LogP contribution in [0.15, 0.2) is 0 Å². The molecular weight excluding hydrogens is 202 g/mol. The predicted octanol–water partition coefficient (Wildman–Crippen LogP) is 1.60. The number of urea groups is 1. The molecule has 0 aromatic rings. The Morgan fingerprint density at radius 2 is 2.06 bits per heavy atom. The number of amides is 2. The van der Waals surface area contributed by atoms with Gasteiger partial charge in [-0.05, 0) is 31.1 Å². The van der Waals surface area contributed by atoms with Gasteiger partial charge in [0.05, 0.1) is 0 Å². The summed E-state index contributed by atoms with van der Waals surface area (Å²) in [5.74, 6) is 0. The van der Waals surface area contributed by atoms with Crippen LogP contribution in [-0.4, -0.2) is 24.7 Å². The minimum Gasteiger partial charge on any atom is -0.337 e. The third-order valence-corrected chi connectivity index (χ3v) is 2.84. The van der Waals surface area contributed by atoms with Crippen LogP contribution in [0.4, 0.5) is 4.79 Å². The zero-order valence-electron chi connectivity index (χ0n) is 10.7. The molecule has 1 saturated carbocycles. The van der Waals surface area contributed by atoms with Crippen molar-refractivity contribution in [3.63, 3.8) is 0 Å². The molecule has 4 nitrogen and oxygen atoms in total. The van der Waals surface area contributed by atoms with Gasteiger partial charge in [0.15, 0.2) is 0 Å². The van der Waals surface area contributed by atoms with E-state index in [0.717, 1.165) is 19.3 Å². The first-order valence-electron chi connectivity index (χ1n) is 6.17. The Bertz CT molecular complexity index is 231. The van der Waals surface area contributed by atoms with Crippen LogP contribution < -0.4 is 16.4 Å². The molecular formula is C12H25N3O. The van der Waals surface area contributed by atoms with Gasteiger partial charge in [0, 0.05) is 18.6 Å². The second kappa shape index (κ2) is 5.53. The van der Waals surface area contributed by atoms with Crippen molar-refractivity contribution in [3.8, 4) is 0 Å². The van der Waals surface area contributed by atoms with Gasteiger partial charge in [0.1, 0.15) is 0 Å². The first-order valence-corrected chi connectivity index (χ1v) is 6.17. The second-order valence-corrected chi connectivity index (χ2v) is 6.01. The van der Waals surface area contributed by atoms with Crippen LogP contribution in [0, 0.1) is 5.41 Å². The molecule has 4 N–H and O–H groups in total. The van der Waals surface area contributed by atoms with E-state index in [2.05, 4.69) is 31.4 Å². The Balaban J connectivity index is 2.10. The molecule has 2 amide bonds. The number of carbonyl (C=O) groups excluding carboxylic acids is 1. The van der Waals surface area contributed by atoms with Gasteiger partial charge in [-0.3, -0.25) is 0 Å². The highest BCUT2D eigenvalue weighted by Gasteiger charge is 2.20. The van der Waals surface area contributed by atoms with Crippen molar-refractivity contribution in [1.82, 2.24) is 10.6 Å². The molecule has 1 aliphatic carbocycles. The number of nitrogens with two attached hydrogens (primary N) is 1. The van der Waals surface area contributed by atoms with Gasteiger partial charge in [-0.1, -0.05) is 20.8 Å². The maximum atomic E-state index is 11.4. The Hall–Kier alpha value is -0.770. The molecule has 0 heterocycles. The van der Waals surface area contributed by atoms with E-state index in [4.69, 9.17) is 5.73 Å². The average Bonchev–Trinajstić information content (AvgIpc) is 2.05. The minimum atomic E-state index is -0.0749. The summed E-state index contributed by atoms with van der Waals surface area (Å²) in [6.45, 7) is 7.01. The first kappa shape index (κ1) is 13.3. The molecule has 1 aliphatic rings. The van der Waals surface area contributed by atoms with E-state index >= 15 is 0 Å². The summed E-state index contributed by atoms with van der Waals surface area (Å²) in [4.78, 5) is 11.4. The number of hydrogen-bond acceptors (Lipinski definition) is 2. The highest BCUT2D eigenvalue weighted by Crippen LogP contribution is 2.19. The molecule has 16 heavy (non-hydrogen) atoms. The zero-order valence-corrected chi connectivity index (χ0v) is 10.7. The smallest absolute Gasteiger partial charge is 0.315 e. The van der Waals surface area contributed by atoms with Crippen molar-refractivity contribution in [3.05, 3.63) is 0 Å². The fraction of sp³-hybridized carbons (Fsp3) is 0.917. The van der Waals surface area contributed by atoms with Gasteiger partial charge in [0.2, 0.25) is 0 Å². The normalized spacial score (nSPS) is 18.8. The third kappa shape index (κ3) is 5.35. The lowest BCUT2D eigenvalue weighted by Gasteiger charge is -2.27. The molecule has 0 saturated heterocycles. The highest BCUT2D eigenvalue weighted by molar-refractivity contribution is 5.74. The summed E-state index contributed by atoms with van der Waals surface area (Å²) >= 11 is 0. The molecule has 1 rings (SSSR count). The van der Waals surface area contributed by atoms with Crippen molar-refractivity contribution in [2.24, 2.45) is 11.1 Å². The summed E-state index contributed by atoms with van der Waals surface area (Å²) in [7, 11) is 0. The Morgan fingerprint density at radius 1 is 1.44 bits per heavy atom. The molecule has 1 unspecified atom stereocenters. The monoisotopic (exact) mass is 227 g/mol. The van der Waals surface area contributed by atoms with Gasteiger partial charge in [-0.15, -0.1) is 0 Å². The van der Waals surface area contributed by atoms with E-state index in [0.29, 0.717) is 12.6 Å². The zero-order chi connectivity index (χ0) is 12.2. The van der Waals surface area contributed by atoms with Crippen molar-refractivity contribution in [2.45, 2.75) is 58.5 Å². The lowest BCUT2D eigenvalue weighted by atomic mass is 9.88. The Morgan fingerprint density at radius 3 is 2.50 bits per heavy atom. The predicted molar refractivity (Wildman–Crippen MR) is 66.2 cm³/mol. The van der Waals surface area contributed by atoms with Gasteiger partial charge >= 0.3 is 6.03 Å². The fourth-order valence-electron chi connectivity index (χ4n) is 1.87. The molecule has 1 atom stereocenters. The SMILES string of the molecule is CC(C)(C)CC(N)CNC(=O)NC1CCC1. The van der Waals surface area contributed by atoms with Crippen LogP contribution in [-0.2, 0) is 0 Å². The lowest BCUT2D eigenvalue weighted by molar-refractivity contribution is 0.226. The summed E-state index contributed by atoms with van der Waals surface area (Å²) in [6, 6.07) is 0.347. The van der Waals surface area contributed by atoms with Crippen LogP contribution in [0.25, 0.3) is 0 Å². The van der Waals surface area contributed by atoms with Crippen molar-refractivity contribution in [1.29, 1.82) is 0 Å². The maximum absolute atomic E-state index is 11.4. The Kier molecular flexibility index (Phi) is 4.59. The largest absolute Gasteiger partial charge is 0.337 e. The molecule has 0 aromatic heterocycles. The molecule has 0 radical (unpaired) electrons. The second-order valence-electron chi connectivity index (χ2n) is 6.01. The fourth-order valence-corrected chi connectivity index (χ4v) is 1.87. The quantitative estimate of drug-likeness (QED) is 0.683. The summed E-state index contributed by atoms with van der Waals surface area (Å²) in [5, 5.41) is 5.76. The van der Waals surface area contributed by atoms with Crippen LogP contribution in [0.5, 0.6) is 0 Å². The van der Waals surface area contributed by atoms with Gasteiger partial charge in [-0.25, -0.2) is 4.79 Å². The lowest BCUT2D eigenvalue weighted by Crippen LogP contribution is -2.48. The molecule has 0 bridgehead atoms. The van der Waals surface area contributed by atoms with E-state index < -0.39 is 0 Å². The molecule has 0 spiro atoms. The van der Waals surface area contributed by atoms with Crippen LogP contribution >= 0.6 is 0 Å². The van der Waals surface area contributed by atoms with Crippen LogP contribution in [0.2, 0.25) is 0 Å². The maximum Gasteiger partial charge on any atom is 0.315 e. The average molecular weight is 227 g/mol. The minimum absolute atomic E-state index is 0.0344. The molecule has 0 aromatic carbocycles. The number of nitrogens with one attached hydrogen (secondary N) is 2. The van der Waals surface area contributed by atoms with Gasteiger partial charge in [0.25, 0.3) is 0 Å². The Labute approximate surface area is 98.3 Å². The molecule has 4 heteroatoms. The van der Waals surface area contributed by atoms with Gasteiger partial charge in [-0.2, -0.15) is 0 Å².